The molecule has 1 N–H and O–H groups in total. The summed E-state index contributed by atoms with van der Waals surface area (Å²) in [6.07, 6.45) is 9.67. The first-order valence-corrected chi connectivity index (χ1v) is 8.56. The van der Waals surface area contributed by atoms with Crippen LogP contribution >= 0.6 is 0 Å². The number of aryl methyl sites for hydroxylation is 1. The van der Waals surface area contributed by atoms with Crippen LogP contribution in [0.3, 0.4) is 0 Å². The van der Waals surface area contributed by atoms with Crippen LogP contribution in [0.1, 0.15) is 35.4 Å². The van der Waals surface area contributed by atoms with Crippen molar-refractivity contribution in [2.24, 2.45) is 13.0 Å². The van der Waals surface area contributed by atoms with Crippen molar-refractivity contribution in [3.8, 4) is 0 Å². The Kier molecular flexibility index (Phi) is 5.13. The van der Waals surface area contributed by atoms with Crippen molar-refractivity contribution in [1.29, 1.82) is 0 Å². The largest absolute Gasteiger partial charge is 0.372 e. The molecule has 0 saturated carbocycles. The molecule has 2 aromatic heterocycles. The fourth-order valence-electron chi connectivity index (χ4n) is 3.30. The molecule has 0 spiro atoms. The lowest BCUT2D eigenvalue weighted by Crippen LogP contribution is -2.33. The summed E-state index contributed by atoms with van der Waals surface area (Å²) in [7, 11) is 3.76. The maximum Gasteiger partial charge on any atom is 0.270 e. The summed E-state index contributed by atoms with van der Waals surface area (Å²) in [4.78, 5) is 23.4. The monoisotopic (exact) mass is 327 g/mol. The minimum Gasteiger partial charge on any atom is -0.372 e. The fourth-order valence-corrected chi connectivity index (χ4v) is 3.30. The van der Waals surface area contributed by atoms with Crippen molar-refractivity contribution >= 4 is 11.7 Å². The van der Waals surface area contributed by atoms with E-state index >= 15 is 0 Å². The molecule has 0 bridgehead atoms. The van der Waals surface area contributed by atoms with Crippen LogP contribution in [0.4, 0.5) is 5.82 Å². The second kappa shape index (κ2) is 7.47. The van der Waals surface area contributed by atoms with Gasteiger partial charge in [0.2, 0.25) is 0 Å². The quantitative estimate of drug-likeness (QED) is 0.936. The Morgan fingerprint density at radius 3 is 2.83 bits per heavy atom. The molecule has 0 aliphatic carbocycles. The average molecular weight is 327 g/mol. The molecule has 24 heavy (non-hydrogen) atoms. The van der Waals surface area contributed by atoms with Crippen molar-refractivity contribution in [2.45, 2.75) is 25.7 Å². The van der Waals surface area contributed by atoms with E-state index in [0.29, 0.717) is 5.92 Å². The molecule has 0 aromatic carbocycles. The molecule has 1 saturated heterocycles. The van der Waals surface area contributed by atoms with E-state index in [2.05, 4.69) is 15.3 Å². The van der Waals surface area contributed by atoms with Gasteiger partial charge in [-0.2, -0.15) is 0 Å². The molecule has 3 rings (SSSR count). The van der Waals surface area contributed by atoms with Crippen molar-refractivity contribution < 1.29 is 4.79 Å². The smallest absolute Gasteiger partial charge is 0.270 e. The van der Waals surface area contributed by atoms with Crippen LogP contribution in [0.25, 0.3) is 0 Å². The Labute approximate surface area is 142 Å². The Hall–Kier alpha value is -2.37. The fraction of sp³-hybridized carbons (Fsp3) is 0.500. The molecular weight excluding hydrogens is 302 g/mol. The number of likely N-dealkylation sites (tertiary alicyclic amines) is 1. The van der Waals surface area contributed by atoms with Crippen LogP contribution in [0.5, 0.6) is 0 Å². The van der Waals surface area contributed by atoms with E-state index in [-0.39, 0.29) is 5.91 Å². The third-order valence-corrected chi connectivity index (χ3v) is 4.76. The number of hydrogen-bond acceptors (Lipinski definition) is 4. The molecule has 0 radical (unpaired) electrons. The highest BCUT2D eigenvalue weighted by Gasteiger charge is 2.23. The topological polar surface area (TPSA) is 63.1 Å². The molecule has 6 heteroatoms. The first-order chi connectivity index (χ1) is 11.7. The number of amides is 1. The molecule has 128 valence electrons. The maximum atomic E-state index is 12.6. The number of carbonyl (C=O) groups is 1. The molecule has 6 nitrogen and oxygen atoms in total. The third-order valence-electron chi connectivity index (χ3n) is 4.76. The van der Waals surface area contributed by atoms with E-state index in [0.717, 1.165) is 56.0 Å². The molecule has 1 atom stereocenters. The summed E-state index contributed by atoms with van der Waals surface area (Å²) in [5, 5.41) is 2.98. The van der Waals surface area contributed by atoms with E-state index in [1.54, 1.807) is 6.20 Å². The van der Waals surface area contributed by atoms with Gasteiger partial charge in [0.25, 0.3) is 5.91 Å². The van der Waals surface area contributed by atoms with E-state index in [1.165, 1.54) is 0 Å². The SMILES string of the molecule is CNc1cnc(C[C@H]2CCCN(C(=O)c3cccn3C)CC2)cn1. The van der Waals surface area contributed by atoms with Gasteiger partial charge in [-0.05, 0) is 43.7 Å². The van der Waals surface area contributed by atoms with Crippen LogP contribution in [0.15, 0.2) is 30.7 Å². The number of nitrogens with zero attached hydrogens (tertiary/aromatic N) is 4. The molecule has 1 aliphatic rings. The van der Waals surface area contributed by atoms with Gasteiger partial charge in [0.1, 0.15) is 11.5 Å². The van der Waals surface area contributed by atoms with Crippen molar-refractivity contribution in [1.82, 2.24) is 19.4 Å². The molecule has 0 unspecified atom stereocenters. The van der Waals surface area contributed by atoms with Crippen LogP contribution < -0.4 is 5.32 Å². The van der Waals surface area contributed by atoms with Crippen LogP contribution in [0, 0.1) is 5.92 Å². The molecule has 1 fully saturated rings. The first kappa shape index (κ1) is 16.5. The van der Waals surface area contributed by atoms with Gasteiger partial charge in [0, 0.05) is 33.4 Å². The predicted molar refractivity (Wildman–Crippen MR) is 93.9 cm³/mol. The van der Waals surface area contributed by atoms with E-state index in [9.17, 15) is 4.79 Å². The molecule has 3 heterocycles. The van der Waals surface area contributed by atoms with Gasteiger partial charge in [0.15, 0.2) is 0 Å². The molecule has 1 amide bonds. The van der Waals surface area contributed by atoms with Crippen molar-refractivity contribution in [2.75, 3.05) is 25.5 Å². The minimum absolute atomic E-state index is 0.140. The first-order valence-electron chi connectivity index (χ1n) is 8.56. The Balaban J connectivity index is 1.58. The number of anilines is 1. The second-order valence-corrected chi connectivity index (χ2v) is 6.44. The number of rotatable bonds is 4. The predicted octanol–water partition coefficient (Wildman–Crippen LogP) is 2.34. The van der Waals surface area contributed by atoms with Crippen molar-refractivity contribution in [3.63, 3.8) is 0 Å². The van der Waals surface area contributed by atoms with Gasteiger partial charge in [-0.15, -0.1) is 0 Å². The Morgan fingerprint density at radius 2 is 2.17 bits per heavy atom. The highest BCUT2D eigenvalue weighted by molar-refractivity contribution is 5.92. The zero-order chi connectivity index (χ0) is 16.9. The van der Waals surface area contributed by atoms with Gasteiger partial charge in [-0.25, -0.2) is 4.98 Å². The Morgan fingerprint density at radius 1 is 1.29 bits per heavy atom. The minimum atomic E-state index is 0.140. The summed E-state index contributed by atoms with van der Waals surface area (Å²) in [5.74, 6) is 1.49. The van der Waals surface area contributed by atoms with Gasteiger partial charge in [-0.1, -0.05) is 0 Å². The molecule has 1 aliphatic heterocycles. The lowest BCUT2D eigenvalue weighted by Gasteiger charge is -2.21. The normalized spacial score (nSPS) is 18.2. The van der Waals surface area contributed by atoms with Crippen LogP contribution in [-0.2, 0) is 13.5 Å². The number of hydrogen-bond donors (Lipinski definition) is 1. The zero-order valence-corrected chi connectivity index (χ0v) is 14.4. The summed E-state index contributed by atoms with van der Waals surface area (Å²) in [5.41, 5.74) is 1.79. The summed E-state index contributed by atoms with van der Waals surface area (Å²) >= 11 is 0. The van der Waals surface area contributed by atoms with Crippen LogP contribution in [-0.4, -0.2) is 45.5 Å². The molecule has 2 aromatic rings. The molecular formula is C18H25N5O. The van der Waals surface area contributed by atoms with Crippen molar-refractivity contribution in [3.05, 3.63) is 42.1 Å². The van der Waals surface area contributed by atoms with Gasteiger partial charge < -0.3 is 14.8 Å². The average Bonchev–Trinajstić information content (AvgIpc) is 2.89. The number of carbonyl (C=O) groups excluding carboxylic acids is 1. The van der Waals surface area contributed by atoms with Crippen LogP contribution in [0.2, 0.25) is 0 Å². The van der Waals surface area contributed by atoms with E-state index in [4.69, 9.17) is 0 Å². The Bertz CT molecular complexity index is 679. The van der Waals surface area contributed by atoms with Gasteiger partial charge in [-0.3, -0.25) is 9.78 Å². The lowest BCUT2D eigenvalue weighted by molar-refractivity contribution is 0.0750. The zero-order valence-electron chi connectivity index (χ0n) is 14.4. The number of aromatic nitrogens is 3. The van der Waals surface area contributed by atoms with Gasteiger partial charge >= 0.3 is 0 Å². The second-order valence-electron chi connectivity index (χ2n) is 6.44. The number of nitrogens with one attached hydrogen (secondary N) is 1. The summed E-state index contributed by atoms with van der Waals surface area (Å²) in [6, 6.07) is 3.81. The van der Waals surface area contributed by atoms with E-state index in [1.807, 2.05) is 48.1 Å². The summed E-state index contributed by atoms with van der Waals surface area (Å²) in [6.45, 7) is 1.65. The van der Waals surface area contributed by atoms with E-state index < -0.39 is 0 Å². The highest BCUT2D eigenvalue weighted by Crippen LogP contribution is 2.22. The highest BCUT2D eigenvalue weighted by atomic mass is 16.2. The summed E-state index contributed by atoms with van der Waals surface area (Å²) < 4.78 is 1.89. The third kappa shape index (κ3) is 3.75. The lowest BCUT2D eigenvalue weighted by atomic mass is 9.95. The van der Waals surface area contributed by atoms with Gasteiger partial charge in [0.05, 0.1) is 18.1 Å². The maximum absolute atomic E-state index is 12.6. The standard InChI is InChI=1S/C18H25N5O/c1-19-17-13-20-15(12-21-17)11-14-5-3-9-23(10-7-14)18(24)16-6-4-8-22(16)2/h4,6,8,12-14H,3,5,7,9-11H2,1-2H3,(H,19,21)/t14-/m0/s1.